The molecule has 0 saturated carbocycles. The smallest absolute Gasteiger partial charge is 0.331 e. The number of nitro groups is 1. The zero-order chi connectivity index (χ0) is 12.9. The number of hydrogen-bond acceptors (Lipinski definition) is 6. The van der Waals surface area contributed by atoms with Crippen molar-refractivity contribution >= 4 is 11.5 Å². The molecule has 2 bridgehead atoms. The lowest BCUT2D eigenvalue weighted by Crippen LogP contribution is -2.46. The quantitative estimate of drug-likeness (QED) is 0.570. The van der Waals surface area contributed by atoms with Crippen molar-refractivity contribution < 1.29 is 9.66 Å². The van der Waals surface area contributed by atoms with Crippen molar-refractivity contribution in [3.63, 3.8) is 0 Å². The molecule has 0 radical (unpaired) electrons. The molecule has 2 aliphatic rings. The number of anilines is 1. The maximum atomic E-state index is 11.0. The van der Waals surface area contributed by atoms with Gasteiger partial charge in [0.15, 0.2) is 0 Å². The van der Waals surface area contributed by atoms with Crippen molar-refractivity contribution in [1.82, 2.24) is 9.78 Å². The summed E-state index contributed by atoms with van der Waals surface area (Å²) in [6.45, 7) is 1.21. The first kappa shape index (κ1) is 11.4. The maximum absolute atomic E-state index is 11.0. The van der Waals surface area contributed by atoms with Gasteiger partial charge in [-0.15, -0.1) is 0 Å². The monoisotopic (exact) mass is 253 g/mol. The van der Waals surface area contributed by atoms with Crippen LogP contribution in [0.5, 0.6) is 0 Å². The Bertz CT molecular complexity index is 486. The minimum absolute atomic E-state index is 0.0206. The van der Waals surface area contributed by atoms with E-state index in [1.165, 1.54) is 10.9 Å². The Labute approximate surface area is 103 Å². The van der Waals surface area contributed by atoms with Crippen molar-refractivity contribution in [2.75, 3.05) is 18.0 Å². The number of nitrogens with two attached hydrogens (primary N) is 1. The van der Waals surface area contributed by atoms with E-state index >= 15 is 0 Å². The predicted octanol–water partition coefficient (Wildman–Crippen LogP) is -0.367. The van der Waals surface area contributed by atoms with Crippen LogP contribution in [0.15, 0.2) is 6.20 Å². The Morgan fingerprint density at radius 3 is 3.06 bits per heavy atom. The molecule has 3 atom stereocenters. The molecule has 1 aromatic heterocycles. The van der Waals surface area contributed by atoms with Gasteiger partial charge in [0.05, 0.1) is 17.1 Å². The topological polar surface area (TPSA) is 99.4 Å². The summed E-state index contributed by atoms with van der Waals surface area (Å²) in [6, 6.07) is 0.0206. The molecule has 2 saturated heterocycles. The highest BCUT2D eigenvalue weighted by atomic mass is 16.6. The Morgan fingerprint density at radius 1 is 1.61 bits per heavy atom. The highest BCUT2D eigenvalue weighted by Gasteiger charge is 2.41. The zero-order valence-corrected chi connectivity index (χ0v) is 10.0. The number of aryl methyl sites for hydroxylation is 1. The Balaban J connectivity index is 1.92. The lowest BCUT2D eigenvalue weighted by atomic mass is 10.1. The summed E-state index contributed by atoms with van der Waals surface area (Å²) in [6.07, 6.45) is 2.12. The van der Waals surface area contributed by atoms with E-state index in [1.54, 1.807) is 7.05 Å². The summed E-state index contributed by atoms with van der Waals surface area (Å²) in [5.74, 6) is 0.535. The number of fused-ring (bicyclic) bond motifs is 2. The third-order valence-electron chi connectivity index (χ3n) is 3.59. The van der Waals surface area contributed by atoms with E-state index in [2.05, 4.69) is 5.10 Å². The first-order chi connectivity index (χ1) is 8.56. The molecular weight excluding hydrogens is 238 g/mol. The molecule has 2 N–H and O–H groups in total. The van der Waals surface area contributed by atoms with Gasteiger partial charge >= 0.3 is 5.69 Å². The van der Waals surface area contributed by atoms with Crippen LogP contribution in [-0.4, -0.2) is 46.0 Å². The van der Waals surface area contributed by atoms with E-state index in [1.807, 2.05) is 4.90 Å². The second-order valence-electron chi connectivity index (χ2n) is 4.84. The van der Waals surface area contributed by atoms with Gasteiger partial charge in [0.1, 0.15) is 6.20 Å². The maximum Gasteiger partial charge on any atom is 0.331 e. The average molecular weight is 253 g/mol. The molecule has 1 aromatic rings. The minimum Gasteiger partial charge on any atom is -0.370 e. The highest BCUT2D eigenvalue weighted by molar-refractivity contribution is 5.58. The summed E-state index contributed by atoms with van der Waals surface area (Å²) in [5, 5.41) is 15.0. The summed E-state index contributed by atoms with van der Waals surface area (Å²) in [7, 11) is 1.71. The normalized spacial score (nSPS) is 30.8. The van der Waals surface area contributed by atoms with Gasteiger partial charge in [-0.25, -0.2) is 4.68 Å². The number of morpholine rings is 1. The zero-order valence-electron chi connectivity index (χ0n) is 10.0. The van der Waals surface area contributed by atoms with Gasteiger partial charge in [0.2, 0.25) is 5.82 Å². The first-order valence-corrected chi connectivity index (χ1v) is 5.88. The number of nitrogens with zero attached hydrogens (tertiary/aromatic N) is 4. The molecule has 8 heteroatoms. The van der Waals surface area contributed by atoms with Crippen LogP contribution in [0.2, 0.25) is 0 Å². The van der Waals surface area contributed by atoms with Crippen LogP contribution >= 0.6 is 0 Å². The van der Waals surface area contributed by atoms with Crippen LogP contribution in [0.3, 0.4) is 0 Å². The van der Waals surface area contributed by atoms with Crippen LogP contribution in [0.1, 0.15) is 6.42 Å². The summed E-state index contributed by atoms with van der Waals surface area (Å²) in [5.41, 5.74) is 6.00. The fraction of sp³-hybridized carbons (Fsp3) is 0.700. The Morgan fingerprint density at radius 2 is 2.39 bits per heavy atom. The van der Waals surface area contributed by atoms with Crippen LogP contribution in [-0.2, 0) is 11.8 Å². The second kappa shape index (κ2) is 3.92. The van der Waals surface area contributed by atoms with Gasteiger partial charge in [-0.3, -0.25) is 10.1 Å². The number of rotatable bonds is 2. The first-order valence-electron chi connectivity index (χ1n) is 5.88. The van der Waals surface area contributed by atoms with Crippen molar-refractivity contribution in [2.24, 2.45) is 12.8 Å². The SMILES string of the molecule is Cn1ncc([N+](=O)[O-])c1N1CC2CC(N)C(C1)O2. The molecule has 3 unspecified atom stereocenters. The van der Waals surface area contributed by atoms with Crippen LogP contribution in [0.25, 0.3) is 0 Å². The lowest BCUT2D eigenvalue weighted by molar-refractivity contribution is -0.384. The molecule has 0 amide bonds. The summed E-state index contributed by atoms with van der Waals surface area (Å²) < 4.78 is 7.25. The molecule has 98 valence electrons. The summed E-state index contributed by atoms with van der Waals surface area (Å²) >= 11 is 0. The van der Waals surface area contributed by atoms with Gasteiger partial charge < -0.3 is 15.4 Å². The Hall–Kier alpha value is -1.67. The van der Waals surface area contributed by atoms with E-state index in [9.17, 15) is 10.1 Å². The largest absolute Gasteiger partial charge is 0.370 e. The van der Waals surface area contributed by atoms with Crippen molar-refractivity contribution in [3.8, 4) is 0 Å². The van der Waals surface area contributed by atoms with Gasteiger partial charge in [-0.2, -0.15) is 5.10 Å². The van der Waals surface area contributed by atoms with Gasteiger partial charge in [0, 0.05) is 26.2 Å². The van der Waals surface area contributed by atoms with Crippen molar-refractivity contribution in [2.45, 2.75) is 24.7 Å². The van der Waals surface area contributed by atoms with Gasteiger partial charge in [-0.1, -0.05) is 0 Å². The van der Waals surface area contributed by atoms with Gasteiger partial charge in [-0.05, 0) is 6.42 Å². The van der Waals surface area contributed by atoms with Crippen LogP contribution < -0.4 is 10.6 Å². The molecular formula is C10H15N5O3. The number of aromatic nitrogens is 2. The third-order valence-corrected chi connectivity index (χ3v) is 3.59. The molecule has 18 heavy (non-hydrogen) atoms. The van der Waals surface area contributed by atoms with E-state index in [-0.39, 0.29) is 23.9 Å². The molecule has 3 heterocycles. The molecule has 0 aliphatic carbocycles. The van der Waals surface area contributed by atoms with E-state index in [4.69, 9.17) is 10.5 Å². The predicted molar refractivity (Wildman–Crippen MR) is 63.3 cm³/mol. The third kappa shape index (κ3) is 1.65. The van der Waals surface area contributed by atoms with E-state index < -0.39 is 4.92 Å². The van der Waals surface area contributed by atoms with Crippen LogP contribution in [0.4, 0.5) is 11.5 Å². The molecule has 2 aliphatic heterocycles. The van der Waals surface area contributed by atoms with E-state index in [0.717, 1.165) is 6.42 Å². The molecule has 2 fully saturated rings. The average Bonchev–Trinajstić information content (AvgIpc) is 2.81. The number of hydrogen-bond donors (Lipinski definition) is 1. The van der Waals surface area contributed by atoms with Crippen LogP contribution in [0, 0.1) is 10.1 Å². The highest BCUT2D eigenvalue weighted by Crippen LogP contribution is 2.33. The molecule has 0 spiro atoms. The second-order valence-corrected chi connectivity index (χ2v) is 4.84. The number of ether oxygens (including phenoxy) is 1. The molecule has 0 aromatic carbocycles. The Kier molecular flexibility index (Phi) is 2.49. The summed E-state index contributed by atoms with van der Waals surface area (Å²) in [4.78, 5) is 12.5. The van der Waals surface area contributed by atoms with Crippen molar-refractivity contribution in [1.29, 1.82) is 0 Å². The fourth-order valence-corrected chi connectivity index (χ4v) is 2.78. The lowest BCUT2D eigenvalue weighted by Gasteiger charge is -2.33. The van der Waals surface area contributed by atoms with Crippen molar-refractivity contribution in [3.05, 3.63) is 16.3 Å². The van der Waals surface area contributed by atoms with E-state index in [0.29, 0.717) is 18.9 Å². The standard InChI is InChI=1S/C10H15N5O3/c1-13-10(8(3-12-13)15(16)17)14-4-6-2-7(11)9(5-14)18-6/h3,6-7,9H,2,4-5,11H2,1H3. The molecule has 3 rings (SSSR count). The van der Waals surface area contributed by atoms with Gasteiger partial charge in [0.25, 0.3) is 0 Å². The molecule has 8 nitrogen and oxygen atoms in total. The fourth-order valence-electron chi connectivity index (χ4n) is 2.78. The minimum atomic E-state index is -0.403.